The second-order valence-electron chi connectivity index (χ2n) is 2.67. The van der Waals surface area contributed by atoms with Crippen molar-refractivity contribution in [2.45, 2.75) is 0 Å². The summed E-state index contributed by atoms with van der Waals surface area (Å²) in [5, 5.41) is 11.2. The number of carboxylic acid groups (broad SMARTS) is 1. The average Bonchev–Trinajstić information content (AvgIpc) is 2.62. The lowest BCUT2D eigenvalue weighted by molar-refractivity contribution is 0.0659. The van der Waals surface area contributed by atoms with Crippen LogP contribution in [-0.4, -0.2) is 23.5 Å². The molecule has 0 unspecified atom stereocenters. The molecule has 1 rings (SSSR count). The summed E-state index contributed by atoms with van der Waals surface area (Å²) in [5.41, 5.74) is 0. The van der Waals surface area contributed by atoms with Crippen molar-refractivity contribution in [1.82, 2.24) is 5.32 Å². The molecular weight excluding hydrogens is 222 g/mol. The molecule has 5 nitrogen and oxygen atoms in total. The van der Waals surface area contributed by atoms with Crippen molar-refractivity contribution < 1.29 is 19.1 Å². The number of halogens is 1. The molecular formula is C9H8ClNO4. The van der Waals surface area contributed by atoms with Crippen LogP contribution in [0.25, 0.3) is 0 Å². The van der Waals surface area contributed by atoms with E-state index >= 15 is 0 Å². The highest BCUT2D eigenvalue weighted by molar-refractivity contribution is 6.29. The molecule has 1 amide bonds. The number of amides is 1. The van der Waals surface area contributed by atoms with Crippen LogP contribution in [-0.2, 0) is 0 Å². The SMILES string of the molecule is C=C(Cl)CNC(=O)c1ccc(C(=O)O)o1. The van der Waals surface area contributed by atoms with Gasteiger partial charge in [-0.15, -0.1) is 0 Å². The number of rotatable bonds is 4. The van der Waals surface area contributed by atoms with Crippen LogP contribution in [0.4, 0.5) is 0 Å². The van der Waals surface area contributed by atoms with Gasteiger partial charge in [0.15, 0.2) is 5.76 Å². The smallest absolute Gasteiger partial charge is 0.371 e. The first kappa shape index (κ1) is 11.3. The second kappa shape index (κ2) is 4.65. The molecule has 0 fully saturated rings. The third-order valence-corrected chi connectivity index (χ3v) is 1.61. The molecule has 2 N–H and O–H groups in total. The third kappa shape index (κ3) is 3.14. The predicted molar refractivity (Wildman–Crippen MR) is 53.0 cm³/mol. The molecule has 0 saturated carbocycles. The Hall–Kier alpha value is -1.75. The molecule has 0 aliphatic rings. The number of hydrogen-bond donors (Lipinski definition) is 2. The van der Waals surface area contributed by atoms with Crippen molar-refractivity contribution in [2.24, 2.45) is 0 Å². The monoisotopic (exact) mass is 229 g/mol. The number of carbonyl (C=O) groups is 2. The van der Waals surface area contributed by atoms with Gasteiger partial charge in [-0.2, -0.15) is 0 Å². The van der Waals surface area contributed by atoms with Crippen molar-refractivity contribution in [3.8, 4) is 0 Å². The van der Waals surface area contributed by atoms with E-state index in [9.17, 15) is 9.59 Å². The van der Waals surface area contributed by atoms with Gasteiger partial charge in [0.25, 0.3) is 5.91 Å². The van der Waals surface area contributed by atoms with E-state index in [1.54, 1.807) is 0 Å². The summed E-state index contributed by atoms with van der Waals surface area (Å²) in [5.74, 6) is -2.13. The standard InChI is InChI=1S/C9H8ClNO4/c1-5(10)4-11-8(12)6-2-3-7(15-6)9(13)14/h2-3H,1,4H2,(H,11,12)(H,13,14). The zero-order valence-electron chi connectivity index (χ0n) is 7.62. The molecule has 0 aromatic carbocycles. The highest BCUT2D eigenvalue weighted by Gasteiger charge is 2.14. The summed E-state index contributed by atoms with van der Waals surface area (Å²) in [4.78, 5) is 21.7. The fourth-order valence-electron chi connectivity index (χ4n) is 0.838. The molecule has 0 spiro atoms. The molecule has 1 aromatic rings. The Kier molecular flexibility index (Phi) is 3.51. The lowest BCUT2D eigenvalue weighted by Gasteiger charge is -1.99. The molecule has 80 valence electrons. The van der Waals surface area contributed by atoms with Crippen LogP contribution in [0.15, 0.2) is 28.2 Å². The fraction of sp³-hybridized carbons (Fsp3) is 0.111. The van der Waals surface area contributed by atoms with E-state index in [1.807, 2.05) is 0 Å². The molecule has 0 radical (unpaired) electrons. The maximum absolute atomic E-state index is 11.3. The van der Waals surface area contributed by atoms with E-state index in [0.29, 0.717) is 0 Å². The number of carbonyl (C=O) groups excluding carboxylic acids is 1. The molecule has 0 aliphatic carbocycles. The van der Waals surface area contributed by atoms with E-state index in [1.165, 1.54) is 12.1 Å². The summed E-state index contributed by atoms with van der Waals surface area (Å²) in [6.07, 6.45) is 0. The van der Waals surface area contributed by atoms with Gasteiger partial charge < -0.3 is 14.8 Å². The van der Waals surface area contributed by atoms with Crippen LogP contribution < -0.4 is 5.32 Å². The quantitative estimate of drug-likeness (QED) is 0.819. The van der Waals surface area contributed by atoms with Crippen molar-refractivity contribution in [1.29, 1.82) is 0 Å². The van der Waals surface area contributed by atoms with Crippen molar-refractivity contribution in [3.05, 3.63) is 35.3 Å². The normalized spacial score (nSPS) is 9.67. The largest absolute Gasteiger partial charge is 0.475 e. The van der Waals surface area contributed by atoms with E-state index in [-0.39, 0.29) is 23.1 Å². The molecule has 1 aromatic heterocycles. The van der Waals surface area contributed by atoms with Gasteiger partial charge in [0.2, 0.25) is 5.76 Å². The van der Waals surface area contributed by atoms with Gasteiger partial charge in [-0.3, -0.25) is 4.79 Å². The summed E-state index contributed by atoms with van der Waals surface area (Å²) in [6, 6.07) is 2.47. The van der Waals surface area contributed by atoms with Crippen LogP contribution in [0.3, 0.4) is 0 Å². The van der Waals surface area contributed by atoms with Crippen LogP contribution in [0, 0.1) is 0 Å². The first-order valence-corrected chi connectivity index (χ1v) is 4.33. The van der Waals surface area contributed by atoms with Crippen LogP contribution in [0.2, 0.25) is 0 Å². The van der Waals surface area contributed by atoms with Crippen LogP contribution in [0.5, 0.6) is 0 Å². The zero-order valence-corrected chi connectivity index (χ0v) is 8.37. The van der Waals surface area contributed by atoms with Gasteiger partial charge in [-0.25, -0.2) is 4.79 Å². The third-order valence-electron chi connectivity index (χ3n) is 1.48. The van der Waals surface area contributed by atoms with Gasteiger partial charge >= 0.3 is 5.97 Å². The van der Waals surface area contributed by atoms with E-state index in [4.69, 9.17) is 21.1 Å². The molecule has 1 heterocycles. The minimum atomic E-state index is -1.23. The Balaban J connectivity index is 2.66. The van der Waals surface area contributed by atoms with Gasteiger partial charge in [-0.05, 0) is 12.1 Å². The summed E-state index contributed by atoms with van der Waals surface area (Å²) in [7, 11) is 0. The second-order valence-corrected chi connectivity index (χ2v) is 3.20. The molecule has 0 atom stereocenters. The first-order valence-electron chi connectivity index (χ1n) is 3.95. The van der Waals surface area contributed by atoms with Gasteiger partial charge in [-0.1, -0.05) is 18.2 Å². The summed E-state index contributed by atoms with van der Waals surface area (Å²) in [6.45, 7) is 3.48. The molecule has 0 bridgehead atoms. The molecule has 0 aliphatic heterocycles. The van der Waals surface area contributed by atoms with E-state index in [2.05, 4.69) is 11.9 Å². The average molecular weight is 230 g/mol. The van der Waals surface area contributed by atoms with Crippen molar-refractivity contribution >= 4 is 23.5 Å². The summed E-state index contributed by atoms with van der Waals surface area (Å²) < 4.78 is 4.75. The topological polar surface area (TPSA) is 79.5 Å². The maximum atomic E-state index is 11.3. The number of furan rings is 1. The van der Waals surface area contributed by atoms with Gasteiger partial charge in [0.05, 0.1) is 6.54 Å². The lowest BCUT2D eigenvalue weighted by Crippen LogP contribution is -2.23. The lowest BCUT2D eigenvalue weighted by atomic mass is 10.4. The Morgan fingerprint density at radius 1 is 1.47 bits per heavy atom. The van der Waals surface area contributed by atoms with Crippen LogP contribution in [0.1, 0.15) is 21.1 Å². The Bertz CT molecular complexity index is 410. The predicted octanol–water partition coefficient (Wildman–Crippen LogP) is 1.46. The first-order chi connectivity index (χ1) is 7.00. The van der Waals surface area contributed by atoms with E-state index in [0.717, 1.165) is 0 Å². The molecule has 6 heteroatoms. The summed E-state index contributed by atoms with van der Waals surface area (Å²) >= 11 is 5.43. The maximum Gasteiger partial charge on any atom is 0.371 e. The Morgan fingerprint density at radius 3 is 2.53 bits per heavy atom. The van der Waals surface area contributed by atoms with Crippen molar-refractivity contribution in [2.75, 3.05) is 6.54 Å². The van der Waals surface area contributed by atoms with Crippen molar-refractivity contribution in [3.63, 3.8) is 0 Å². The minimum absolute atomic E-state index is 0.0784. The Morgan fingerprint density at radius 2 is 2.07 bits per heavy atom. The van der Waals surface area contributed by atoms with Crippen LogP contribution >= 0.6 is 11.6 Å². The number of hydrogen-bond acceptors (Lipinski definition) is 3. The van der Waals surface area contributed by atoms with Gasteiger partial charge in [0, 0.05) is 5.03 Å². The number of aromatic carboxylic acids is 1. The minimum Gasteiger partial charge on any atom is -0.475 e. The van der Waals surface area contributed by atoms with E-state index < -0.39 is 11.9 Å². The highest BCUT2D eigenvalue weighted by Crippen LogP contribution is 2.07. The zero-order chi connectivity index (χ0) is 11.4. The molecule has 0 saturated heterocycles. The number of nitrogens with one attached hydrogen (secondary N) is 1. The van der Waals surface area contributed by atoms with Gasteiger partial charge in [0.1, 0.15) is 0 Å². The fourth-order valence-corrected chi connectivity index (χ4v) is 0.905. The highest BCUT2D eigenvalue weighted by atomic mass is 35.5. The molecule has 15 heavy (non-hydrogen) atoms. The Labute approximate surface area is 90.3 Å². The number of carboxylic acids is 1.